The van der Waals surface area contributed by atoms with Crippen LogP contribution >= 0.6 is 0 Å². The second kappa shape index (κ2) is 16.2. The van der Waals surface area contributed by atoms with Crippen LogP contribution in [0.5, 0.6) is 5.75 Å². The summed E-state index contributed by atoms with van der Waals surface area (Å²) in [6.45, 7) is 8.56. The van der Waals surface area contributed by atoms with Crippen molar-refractivity contribution in [3.05, 3.63) is 94.6 Å². The number of nitrogens with zero attached hydrogens (tertiary/aromatic N) is 2. The summed E-state index contributed by atoms with van der Waals surface area (Å²) in [4.78, 5) is 43.5. The van der Waals surface area contributed by atoms with Gasteiger partial charge in [0.05, 0.1) is 49.6 Å². The van der Waals surface area contributed by atoms with Gasteiger partial charge in [0.15, 0.2) is 0 Å². The van der Waals surface area contributed by atoms with Crippen molar-refractivity contribution in [2.75, 3.05) is 56.8 Å². The summed E-state index contributed by atoms with van der Waals surface area (Å²) in [6.07, 6.45) is 3.93. The Balaban J connectivity index is 1.33. The number of esters is 2. The first-order chi connectivity index (χ1) is 22.9. The van der Waals surface area contributed by atoms with Crippen molar-refractivity contribution in [2.24, 2.45) is 0 Å². The maximum Gasteiger partial charge on any atom is 0.341 e. The average molecular weight is 642 g/mol. The van der Waals surface area contributed by atoms with Gasteiger partial charge in [-0.2, -0.15) is 0 Å². The smallest absolute Gasteiger partial charge is 0.341 e. The van der Waals surface area contributed by atoms with E-state index in [0.29, 0.717) is 59.0 Å². The zero-order valence-corrected chi connectivity index (χ0v) is 27.4. The van der Waals surface area contributed by atoms with Gasteiger partial charge >= 0.3 is 18.0 Å². The van der Waals surface area contributed by atoms with Crippen molar-refractivity contribution >= 4 is 35.0 Å². The van der Waals surface area contributed by atoms with Crippen LogP contribution in [-0.2, 0) is 32.0 Å². The molecule has 10 nitrogen and oxygen atoms in total. The van der Waals surface area contributed by atoms with Gasteiger partial charge in [-0.3, -0.25) is 14.6 Å². The number of allylic oxidation sites excluding steroid dienone is 2. The highest BCUT2D eigenvalue weighted by molar-refractivity contribution is 6.11. The molecule has 0 radical (unpaired) electrons. The number of anilines is 3. The number of morpholine rings is 1. The van der Waals surface area contributed by atoms with Crippen molar-refractivity contribution < 1.29 is 33.3 Å². The number of amides is 2. The molecule has 2 aliphatic heterocycles. The molecule has 0 unspecified atom stereocenters. The van der Waals surface area contributed by atoms with Gasteiger partial charge in [-0.1, -0.05) is 48.0 Å². The third-order valence-corrected chi connectivity index (χ3v) is 8.50. The lowest BCUT2D eigenvalue weighted by atomic mass is 9.93. The van der Waals surface area contributed by atoms with Crippen molar-refractivity contribution in [2.45, 2.75) is 46.1 Å². The Kier molecular flexibility index (Phi) is 11.6. The van der Waals surface area contributed by atoms with E-state index in [4.69, 9.17) is 18.9 Å². The summed E-state index contributed by atoms with van der Waals surface area (Å²) in [7, 11) is 1.58. The first kappa shape index (κ1) is 33.7. The minimum Gasteiger partial charge on any atom is -0.496 e. The first-order valence-electron chi connectivity index (χ1n) is 16.1. The lowest BCUT2D eigenvalue weighted by Gasteiger charge is -2.26. The van der Waals surface area contributed by atoms with Gasteiger partial charge in [-0.05, 0) is 62.9 Å². The van der Waals surface area contributed by atoms with E-state index >= 15 is 0 Å². The number of carbonyl (C=O) groups is 3. The van der Waals surface area contributed by atoms with E-state index in [1.54, 1.807) is 12.0 Å². The van der Waals surface area contributed by atoms with Gasteiger partial charge in [0.1, 0.15) is 12.4 Å². The van der Waals surface area contributed by atoms with Crippen LogP contribution in [0, 0.1) is 6.92 Å². The number of cyclic esters (lactones) is 1. The van der Waals surface area contributed by atoms with Gasteiger partial charge in [-0.15, -0.1) is 0 Å². The Bertz CT molecular complexity index is 1550. The third kappa shape index (κ3) is 8.38. The lowest BCUT2D eigenvalue weighted by molar-refractivity contribution is -0.143. The van der Waals surface area contributed by atoms with Crippen LogP contribution < -0.4 is 15.0 Å². The number of hydrogen-bond donors (Lipinski definition) is 1. The van der Waals surface area contributed by atoms with Crippen LogP contribution in [0.15, 0.2) is 72.3 Å². The molecule has 3 aromatic rings. The molecule has 2 aliphatic rings. The summed E-state index contributed by atoms with van der Waals surface area (Å²) in [6, 6.07) is 18.2. The molecule has 2 heterocycles. The molecule has 0 spiro atoms. The fourth-order valence-electron chi connectivity index (χ4n) is 5.94. The summed E-state index contributed by atoms with van der Waals surface area (Å²) < 4.78 is 22.2. The van der Waals surface area contributed by atoms with Crippen LogP contribution in [0.2, 0.25) is 0 Å². The Morgan fingerprint density at radius 2 is 1.66 bits per heavy atom. The van der Waals surface area contributed by atoms with Crippen molar-refractivity contribution in [1.82, 2.24) is 4.90 Å². The van der Waals surface area contributed by atoms with E-state index in [1.165, 1.54) is 0 Å². The molecule has 1 N–H and O–H groups in total. The minimum absolute atomic E-state index is 0.101. The number of carbonyl (C=O) groups excluding carboxylic acids is 3. The molecule has 2 amide bonds. The summed E-state index contributed by atoms with van der Waals surface area (Å²) in [5, 5.41) is 3.06. The predicted octanol–water partition coefficient (Wildman–Crippen LogP) is 6.58. The molecule has 0 bridgehead atoms. The Labute approximate surface area is 276 Å². The van der Waals surface area contributed by atoms with Crippen LogP contribution in [0.3, 0.4) is 0 Å². The summed E-state index contributed by atoms with van der Waals surface area (Å²) in [5.41, 5.74) is 5.13. The van der Waals surface area contributed by atoms with Gasteiger partial charge in [0, 0.05) is 37.2 Å². The van der Waals surface area contributed by atoms with Gasteiger partial charge in [-0.25, -0.2) is 9.59 Å². The second-order valence-corrected chi connectivity index (χ2v) is 11.7. The predicted molar refractivity (Wildman–Crippen MR) is 180 cm³/mol. The highest BCUT2D eigenvalue weighted by atomic mass is 16.5. The molecule has 1 fully saturated rings. The maximum absolute atomic E-state index is 14.1. The highest BCUT2D eigenvalue weighted by Crippen LogP contribution is 2.42. The quantitative estimate of drug-likeness (QED) is 0.127. The van der Waals surface area contributed by atoms with E-state index in [2.05, 4.69) is 10.2 Å². The molecular weight excluding hydrogens is 598 g/mol. The largest absolute Gasteiger partial charge is 0.496 e. The topological polar surface area (TPSA) is 107 Å². The number of benzene rings is 3. The zero-order valence-electron chi connectivity index (χ0n) is 27.4. The van der Waals surface area contributed by atoms with Crippen molar-refractivity contribution in [1.29, 1.82) is 0 Å². The number of para-hydroxylation sites is 2. The number of ether oxygens (including phenoxy) is 4. The van der Waals surface area contributed by atoms with Crippen LogP contribution in [0.25, 0.3) is 0 Å². The molecular formula is C37H43N3O7. The number of hydrogen-bond acceptors (Lipinski definition) is 8. The lowest BCUT2D eigenvalue weighted by Crippen LogP contribution is -2.37. The van der Waals surface area contributed by atoms with E-state index in [0.717, 1.165) is 50.4 Å². The fourth-order valence-corrected chi connectivity index (χ4v) is 5.94. The Morgan fingerprint density at radius 3 is 2.30 bits per heavy atom. The second-order valence-electron chi connectivity index (χ2n) is 11.7. The molecule has 0 atom stereocenters. The number of fused-ring (bicyclic) bond motifs is 1. The number of urea groups is 1. The fraction of sp³-hybridized carbons (Fsp3) is 0.378. The number of methoxy groups -OCH3 is 1. The van der Waals surface area contributed by atoms with Crippen LogP contribution in [0.1, 0.15) is 53.2 Å². The molecule has 1 saturated heterocycles. The Morgan fingerprint density at radius 1 is 1.00 bits per heavy atom. The normalized spacial score (nSPS) is 14.7. The Hall–Kier alpha value is -4.67. The standard InChI is InChI=1S/C37H43N3O7/c1-26(16-18-32(41)46-22-10-19-39-20-23-45-24-21-39)15-17-30-34(33-31(25-47-36(33)42)27(2)35(30)44-3)38-37(43)40(28-11-6-4-7-12-28)29-13-8-5-9-14-29/h4-9,11-15H,10,16-25H2,1-3H3,(H,38,43). The van der Waals surface area contributed by atoms with Gasteiger partial charge in [0.25, 0.3) is 0 Å². The SMILES string of the molecule is COc1c(C)c2c(c(NC(=O)N(c3ccccc3)c3ccccc3)c1CC=C(C)CCC(=O)OCCCN1CCOCC1)C(=O)OC2. The van der Waals surface area contributed by atoms with Gasteiger partial charge in [0.2, 0.25) is 0 Å². The average Bonchev–Trinajstić information content (AvgIpc) is 3.49. The highest BCUT2D eigenvalue weighted by Gasteiger charge is 2.33. The molecule has 10 heteroatoms. The zero-order chi connectivity index (χ0) is 33.2. The van der Waals surface area contributed by atoms with E-state index in [-0.39, 0.29) is 19.0 Å². The summed E-state index contributed by atoms with van der Waals surface area (Å²) >= 11 is 0. The first-order valence-corrected chi connectivity index (χ1v) is 16.1. The van der Waals surface area contributed by atoms with Crippen molar-refractivity contribution in [3.8, 4) is 5.75 Å². The molecule has 5 rings (SSSR count). The number of nitrogens with one attached hydrogen (secondary N) is 1. The number of rotatable bonds is 13. The molecule has 3 aromatic carbocycles. The van der Waals surface area contributed by atoms with Crippen LogP contribution in [-0.4, -0.2) is 69.4 Å². The van der Waals surface area contributed by atoms with Gasteiger partial charge < -0.3 is 24.3 Å². The molecule has 0 aliphatic carbocycles. The van der Waals surface area contributed by atoms with E-state index in [1.807, 2.05) is 80.6 Å². The van der Waals surface area contributed by atoms with Crippen LogP contribution in [0.4, 0.5) is 21.9 Å². The minimum atomic E-state index is -0.495. The molecule has 0 saturated carbocycles. The summed E-state index contributed by atoms with van der Waals surface area (Å²) in [5.74, 6) is -0.152. The van der Waals surface area contributed by atoms with E-state index < -0.39 is 12.0 Å². The monoisotopic (exact) mass is 641 g/mol. The third-order valence-electron chi connectivity index (χ3n) is 8.50. The molecule has 0 aromatic heterocycles. The van der Waals surface area contributed by atoms with E-state index in [9.17, 15) is 14.4 Å². The molecule has 47 heavy (non-hydrogen) atoms. The molecule has 248 valence electrons. The van der Waals surface area contributed by atoms with Crippen molar-refractivity contribution in [3.63, 3.8) is 0 Å². The maximum atomic E-state index is 14.1.